The van der Waals surface area contributed by atoms with Gasteiger partial charge in [-0.25, -0.2) is 5.01 Å². The van der Waals surface area contributed by atoms with Crippen LogP contribution in [0.15, 0.2) is 22.1 Å². The Kier molecular flexibility index (Phi) is 3.57. The van der Waals surface area contributed by atoms with Gasteiger partial charge in [0, 0.05) is 12.1 Å². The van der Waals surface area contributed by atoms with E-state index in [1.807, 2.05) is 0 Å². The van der Waals surface area contributed by atoms with Gasteiger partial charge in [0.25, 0.3) is 10.1 Å². The first-order valence-corrected chi connectivity index (χ1v) is 7.28. The Labute approximate surface area is 119 Å². The summed E-state index contributed by atoms with van der Waals surface area (Å²) in [7, 11) is -4.44. The summed E-state index contributed by atoms with van der Waals surface area (Å²) in [5, 5.41) is 13.0. The lowest BCUT2D eigenvalue weighted by molar-refractivity contribution is 0.483. The van der Waals surface area contributed by atoms with E-state index in [1.165, 1.54) is 11.1 Å². The minimum absolute atomic E-state index is 0.0280. The third-order valence-corrected chi connectivity index (χ3v) is 4.08. The SMILES string of the molecule is CC1=NN(c2cc(Cl)c(S(=O)(=O)O)cc2Cl)C(=N)C1. The zero-order chi connectivity index (χ0) is 14.4. The van der Waals surface area contributed by atoms with Crippen LogP contribution in [0.3, 0.4) is 0 Å². The maximum atomic E-state index is 11.1. The highest BCUT2D eigenvalue weighted by Crippen LogP contribution is 2.35. The molecule has 0 atom stereocenters. The maximum absolute atomic E-state index is 11.1. The summed E-state index contributed by atoms with van der Waals surface area (Å²) < 4.78 is 31.2. The smallest absolute Gasteiger partial charge is 0.286 e. The molecule has 0 aromatic heterocycles. The number of nitrogens with one attached hydrogen (secondary N) is 1. The summed E-state index contributed by atoms with van der Waals surface area (Å²) in [6, 6.07) is 2.29. The molecule has 0 saturated heterocycles. The fraction of sp³-hybridized carbons (Fsp3) is 0.200. The van der Waals surface area contributed by atoms with E-state index < -0.39 is 15.0 Å². The number of hydrogen-bond acceptors (Lipinski definition) is 4. The summed E-state index contributed by atoms with van der Waals surface area (Å²) in [6.45, 7) is 1.76. The Morgan fingerprint density at radius 1 is 1.37 bits per heavy atom. The van der Waals surface area contributed by atoms with Gasteiger partial charge >= 0.3 is 0 Å². The zero-order valence-electron chi connectivity index (χ0n) is 9.68. The number of amidine groups is 1. The lowest BCUT2D eigenvalue weighted by Crippen LogP contribution is -2.19. The lowest BCUT2D eigenvalue weighted by atomic mass is 10.2. The van der Waals surface area contributed by atoms with Gasteiger partial charge in [0.05, 0.1) is 15.7 Å². The van der Waals surface area contributed by atoms with Gasteiger partial charge in [-0.15, -0.1) is 0 Å². The minimum Gasteiger partial charge on any atom is -0.286 e. The maximum Gasteiger partial charge on any atom is 0.296 e. The number of anilines is 1. The van der Waals surface area contributed by atoms with Crippen LogP contribution in [0.4, 0.5) is 5.69 Å². The first-order valence-electron chi connectivity index (χ1n) is 5.08. The van der Waals surface area contributed by atoms with Crippen LogP contribution in [0.25, 0.3) is 0 Å². The molecule has 0 bridgehead atoms. The van der Waals surface area contributed by atoms with E-state index in [9.17, 15) is 8.42 Å². The molecule has 1 aromatic carbocycles. The molecule has 19 heavy (non-hydrogen) atoms. The van der Waals surface area contributed by atoms with Crippen molar-refractivity contribution in [2.75, 3.05) is 5.01 Å². The number of nitrogens with zero attached hydrogens (tertiary/aromatic N) is 2. The second-order valence-electron chi connectivity index (χ2n) is 3.98. The fourth-order valence-electron chi connectivity index (χ4n) is 1.66. The standard InChI is InChI=1S/C10H9Cl2N3O3S/c1-5-2-10(13)15(14-5)8-3-7(12)9(4-6(8)11)19(16,17)18/h3-4,13H,2H2,1H3,(H,16,17,18). The Hall–Kier alpha value is -1.15. The van der Waals surface area contributed by atoms with E-state index in [1.54, 1.807) is 6.92 Å². The fourth-order valence-corrected chi connectivity index (χ4v) is 2.99. The molecule has 1 heterocycles. The number of benzene rings is 1. The number of halogens is 2. The highest BCUT2D eigenvalue weighted by molar-refractivity contribution is 7.86. The van der Waals surface area contributed by atoms with Gasteiger partial charge in [-0.2, -0.15) is 13.5 Å². The van der Waals surface area contributed by atoms with Gasteiger partial charge in [-0.05, 0) is 19.1 Å². The van der Waals surface area contributed by atoms with Crippen molar-refractivity contribution < 1.29 is 13.0 Å². The largest absolute Gasteiger partial charge is 0.296 e. The van der Waals surface area contributed by atoms with Crippen molar-refractivity contribution in [1.29, 1.82) is 5.41 Å². The average Bonchev–Trinajstić information content (AvgIpc) is 2.59. The van der Waals surface area contributed by atoms with E-state index in [0.29, 0.717) is 12.1 Å². The van der Waals surface area contributed by atoms with Crippen LogP contribution >= 0.6 is 23.2 Å². The number of hydrogen-bond donors (Lipinski definition) is 2. The lowest BCUT2D eigenvalue weighted by Gasteiger charge is -2.16. The second-order valence-corrected chi connectivity index (χ2v) is 6.18. The Morgan fingerprint density at radius 2 is 2.00 bits per heavy atom. The molecule has 0 amide bonds. The summed E-state index contributed by atoms with van der Waals surface area (Å²) in [5.74, 6) is 0.204. The first kappa shape index (κ1) is 14.3. The number of hydrazone groups is 1. The van der Waals surface area contributed by atoms with Crippen LogP contribution in [-0.2, 0) is 10.1 Å². The molecule has 2 rings (SSSR count). The van der Waals surface area contributed by atoms with Crippen molar-refractivity contribution in [2.45, 2.75) is 18.2 Å². The van der Waals surface area contributed by atoms with Gasteiger partial charge in [0.2, 0.25) is 0 Å². The summed E-state index contributed by atoms with van der Waals surface area (Å²) in [5.41, 5.74) is 1.02. The van der Waals surface area contributed by atoms with Gasteiger partial charge < -0.3 is 0 Å². The van der Waals surface area contributed by atoms with Crippen molar-refractivity contribution in [2.24, 2.45) is 5.10 Å². The molecule has 0 spiro atoms. The second kappa shape index (κ2) is 4.75. The minimum atomic E-state index is -4.44. The normalized spacial score (nSPS) is 15.9. The van der Waals surface area contributed by atoms with E-state index >= 15 is 0 Å². The highest BCUT2D eigenvalue weighted by Gasteiger charge is 2.25. The average molecular weight is 322 g/mol. The van der Waals surface area contributed by atoms with Gasteiger partial charge in [0.1, 0.15) is 10.7 Å². The van der Waals surface area contributed by atoms with E-state index in [4.69, 9.17) is 33.2 Å². The molecule has 2 N–H and O–H groups in total. The molecule has 9 heteroatoms. The molecule has 6 nitrogen and oxygen atoms in total. The van der Waals surface area contributed by atoms with Crippen LogP contribution in [0.5, 0.6) is 0 Å². The van der Waals surface area contributed by atoms with Crippen molar-refractivity contribution in [3.05, 3.63) is 22.2 Å². The molecule has 0 saturated carbocycles. The quantitative estimate of drug-likeness (QED) is 0.819. The Morgan fingerprint density at radius 3 is 2.47 bits per heavy atom. The van der Waals surface area contributed by atoms with Crippen molar-refractivity contribution in [1.82, 2.24) is 0 Å². The zero-order valence-corrected chi connectivity index (χ0v) is 12.0. The monoisotopic (exact) mass is 321 g/mol. The Balaban J connectivity index is 2.57. The van der Waals surface area contributed by atoms with E-state index in [-0.39, 0.29) is 15.9 Å². The van der Waals surface area contributed by atoms with Crippen LogP contribution < -0.4 is 5.01 Å². The van der Waals surface area contributed by atoms with Gasteiger partial charge in [0.15, 0.2) is 0 Å². The molecule has 0 radical (unpaired) electrons. The molecule has 0 unspecified atom stereocenters. The molecular formula is C10H9Cl2N3O3S. The molecule has 1 aliphatic rings. The van der Waals surface area contributed by atoms with Crippen molar-refractivity contribution >= 4 is 50.6 Å². The third kappa shape index (κ3) is 2.74. The van der Waals surface area contributed by atoms with Crippen molar-refractivity contribution in [3.8, 4) is 0 Å². The first-order chi connectivity index (χ1) is 8.70. The molecule has 0 aliphatic carbocycles. The van der Waals surface area contributed by atoms with E-state index in [0.717, 1.165) is 11.8 Å². The summed E-state index contributed by atoms with van der Waals surface area (Å²) >= 11 is 11.8. The van der Waals surface area contributed by atoms with Crippen molar-refractivity contribution in [3.63, 3.8) is 0 Å². The Bertz CT molecular complexity index is 700. The molecule has 102 valence electrons. The van der Waals surface area contributed by atoms with Gasteiger partial charge in [-0.3, -0.25) is 9.96 Å². The predicted molar refractivity (Wildman–Crippen MR) is 74.2 cm³/mol. The van der Waals surface area contributed by atoms with Crippen LogP contribution in [-0.4, -0.2) is 24.5 Å². The third-order valence-electron chi connectivity index (χ3n) is 2.46. The molecular weight excluding hydrogens is 313 g/mol. The summed E-state index contributed by atoms with van der Waals surface area (Å²) in [6.07, 6.45) is 0.383. The number of rotatable bonds is 2. The molecule has 1 aromatic rings. The molecule has 1 aliphatic heterocycles. The van der Waals surface area contributed by atoms with Crippen LogP contribution in [0.2, 0.25) is 10.0 Å². The molecule has 0 fully saturated rings. The van der Waals surface area contributed by atoms with E-state index in [2.05, 4.69) is 5.10 Å². The highest BCUT2D eigenvalue weighted by atomic mass is 35.5. The van der Waals surface area contributed by atoms with Gasteiger partial charge in [-0.1, -0.05) is 23.2 Å². The predicted octanol–water partition coefficient (Wildman–Crippen LogP) is 2.80. The summed E-state index contributed by atoms with van der Waals surface area (Å²) in [4.78, 5) is -0.477. The topological polar surface area (TPSA) is 93.8 Å². The van der Waals surface area contributed by atoms with Crippen LogP contribution in [0, 0.1) is 5.41 Å². The van der Waals surface area contributed by atoms with Crippen LogP contribution in [0.1, 0.15) is 13.3 Å².